The molecule has 118 valence electrons. The molecule has 2 aliphatic heterocycles. The number of aromatic nitrogens is 3. The van der Waals surface area contributed by atoms with E-state index in [1.54, 1.807) is 0 Å². The highest BCUT2D eigenvalue weighted by Crippen LogP contribution is 2.30. The molecule has 0 amide bonds. The Balaban J connectivity index is 1.69. The van der Waals surface area contributed by atoms with E-state index in [0.29, 0.717) is 6.04 Å². The first-order chi connectivity index (χ1) is 10.9. The molecule has 0 saturated carbocycles. The standard InChI is InChI=1S/C17H24N4S/c1-3-9-18-14(7-1)17-20-15-8-5-10-19-16(15)21(17)12-13-6-2-4-11-22-13/h5,8,10,13-14,18H,1-4,6-7,9,11-12H2. The second-order valence-electron chi connectivity index (χ2n) is 6.42. The zero-order valence-electron chi connectivity index (χ0n) is 13.0. The number of imidazole rings is 1. The van der Waals surface area contributed by atoms with Gasteiger partial charge in [0, 0.05) is 18.0 Å². The number of nitrogens with zero attached hydrogens (tertiary/aromatic N) is 3. The Kier molecular flexibility index (Phi) is 4.35. The van der Waals surface area contributed by atoms with E-state index in [-0.39, 0.29) is 0 Å². The molecule has 1 N–H and O–H groups in total. The van der Waals surface area contributed by atoms with E-state index in [0.717, 1.165) is 29.5 Å². The number of nitrogens with one attached hydrogen (secondary N) is 1. The minimum Gasteiger partial charge on any atom is -0.310 e. The number of fused-ring (bicyclic) bond motifs is 1. The summed E-state index contributed by atoms with van der Waals surface area (Å²) < 4.78 is 2.40. The minimum absolute atomic E-state index is 0.400. The van der Waals surface area contributed by atoms with Gasteiger partial charge in [-0.15, -0.1) is 0 Å². The predicted molar refractivity (Wildman–Crippen MR) is 92.2 cm³/mol. The maximum atomic E-state index is 4.93. The van der Waals surface area contributed by atoms with Gasteiger partial charge in [-0.1, -0.05) is 12.8 Å². The molecule has 4 rings (SSSR count). The van der Waals surface area contributed by atoms with Gasteiger partial charge in [-0.25, -0.2) is 9.97 Å². The molecule has 2 aromatic heterocycles. The summed E-state index contributed by atoms with van der Waals surface area (Å²) in [5.74, 6) is 2.52. The van der Waals surface area contributed by atoms with Gasteiger partial charge in [-0.05, 0) is 50.1 Å². The van der Waals surface area contributed by atoms with Crippen molar-refractivity contribution in [1.82, 2.24) is 19.9 Å². The lowest BCUT2D eigenvalue weighted by Crippen LogP contribution is -2.30. The van der Waals surface area contributed by atoms with E-state index in [9.17, 15) is 0 Å². The molecule has 2 unspecified atom stereocenters. The molecular formula is C17H24N4S. The Labute approximate surface area is 136 Å². The summed E-state index contributed by atoms with van der Waals surface area (Å²) in [6.07, 6.45) is 9.75. The van der Waals surface area contributed by atoms with Gasteiger partial charge in [0.2, 0.25) is 0 Å². The number of hydrogen-bond donors (Lipinski definition) is 1. The third-order valence-electron chi connectivity index (χ3n) is 4.82. The van der Waals surface area contributed by atoms with Crippen molar-refractivity contribution < 1.29 is 0 Å². The van der Waals surface area contributed by atoms with Gasteiger partial charge < -0.3 is 9.88 Å². The number of thioether (sulfide) groups is 1. The average Bonchev–Trinajstić information content (AvgIpc) is 2.95. The van der Waals surface area contributed by atoms with Crippen molar-refractivity contribution in [2.24, 2.45) is 0 Å². The molecule has 5 heteroatoms. The maximum Gasteiger partial charge on any atom is 0.160 e. The fraction of sp³-hybridized carbons (Fsp3) is 0.647. The Bertz CT molecular complexity index is 627. The van der Waals surface area contributed by atoms with E-state index in [2.05, 4.69) is 32.7 Å². The zero-order chi connectivity index (χ0) is 14.8. The molecule has 0 bridgehead atoms. The summed E-state index contributed by atoms with van der Waals surface area (Å²) in [7, 11) is 0. The van der Waals surface area contributed by atoms with E-state index in [1.807, 2.05) is 12.3 Å². The average molecular weight is 316 g/mol. The summed E-state index contributed by atoms with van der Waals surface area (Å²) in [5, 5.41) is 4.37. The molecule has 2 aromatic rings. The molecule has 0 aliphatic carbocycles. The van der Waals surface area contributed by atoms with Crippen molar-refractivity contribution in [2.75, 3.05) is 12.3 Å². The van der Waals surface area contributed by atoms with Gasteiger partial charge in [-0.3, -0.25) is 0 Å². The fourth-order valence-electron chi connectivity index (χ4n) is 3.65. The van der Waals surface area contributed by atoms with Gasteiger partial charge in [-0.2, -0.15) is 11.8 Å². The monoisotopic (exact) mass is 316 g/mol. The van der Waals surface area contributed by atoms with Gasteiger partial charge in [0.1, 0.15) is 11.3 Å². The summed E-state index contributed by atoms with van der Waals surface area (Å²) in [6, 6.07) is 4.49. The molecule has 2 fully saturated rings. The fourth-order valence-corrected chi connectivity index (χ4v) is 4.94. The molecule has 2 atom stereocenters. The van der Waals surface area contributed by atoms with Crippen molar-refractivity contribution in [3.63, 3.8) is 0 Å². The van der Waals surface area contributed by atoms with Crippen LogP contribution in [0.25, 0.3) is 11.2 Å². The summed E-state index contributed by atoms with van der Waals surface area (Å²) >= 11 is 2.13. The molecule has 2 aliphatic rings. The normalized spacial score (nSPS) is 26.4. The van der Waals surface area contributed by atoms with E-state index in [4.69, 9.17) is 4.98 Å². The molecule has 0 radical (unpaired) electrons. The van der Waals surface area contributed by atoms with Crippen LogP contribution in [-0.2, 0) is 6.54 Å². The third kappa shape index (κ3) is 2.88. The summed E-state index contributed by atoms with van der Waals surface area (Å²) in [6.45, 7) is 2.17. The second-order valence-corrected chi connectivity index (χ2v) is 7.83. The Morgan fingerprint density at radius 1 is 1.23 bits per heavy atom. The maximum absolute atomic E-state index is 4.93. The van der Waals surface area contributed by atoms with Crippen molar-refractivity contribution in [3.8, 4) is 0 Å². The zero-order valence-corrected chi connectivity index (χ0v) is 13.8. The topological polar surface area (TPSA) is 42.7 Å². The molecule has 4 heterocycles. The number of piperidine rings is 1. The highest BCUT2D eigenvalue weighted by atomic mass is 32.2. The van der Waals surface area contributed by atoms with Crippen LogP contribution in [0.15, 0.2) is 18.3 Å². The molecule has 4 nitrogen and oxygen atoms in total. The first-order valence-electron chi connectivity index (χ1n) is 8.58. The molecule has 0 aromatic carbocycles. The van der Waals surface area contributed by atoms with E-state index < -0.39 is 0 Å². The molecule has 2 saturated heterocycles. The van der Waals surface area contributed by atoms with Crippen molar-refractivity contribution in [2.45, 2.75) is 56.4 Å². The highest BCUT2D eigenvalue weighted by molar-refractivity contribution is 7.99. The van der Waals surface area contributed by atoms with Crippen molar-refractivity contribution in [3.05, 3.63) is 24.2 Å². The van der Waals surface area contributed by atoms with E-state index in [1.165, 1.54) is 50.1 Å². The predicted octanol–water partition coefficient (Wildman–Crippen LogP) is 3.53. The minimum atomic E-state index is 0.400. The highest BCUT2D eigenvalue weighted by Gasteiger charge is 2.24. The summed E-state index contributed by atoms with van der Waals surface area (Å²) in [5.41, 5.74) is 2.11. The van der Waals surface area contributed by atoms with Gasteiger partial charge >= 0.3 is 0 Å². The third-order valence-corrected chi connectivity index (χ3v) is 6.20. The van der Waals surface area contributed by atoms with Crippen LogP contribution in [0.1, 0.15) is 50.4 Å². The molecule has 0 spiro atoms. The van der Waals surface area contributed by atoms with Crippen LogP contribution in [0, 0.1) is 0 Å². The van der Waals surface area contributed by atoms with Crippen LogP contribution in [0.2, 0.25) is 0 Å². The molecular weight excluding hydrogens is 292 g/mol. The second kappa shape index (κ2) is 6.59. The van der Waals surface area contributed by atoms with Gasteiger partial charge in [0.15, 0.2) is 5.65 Å². The van der Waals surface area contributed by atoms with Gasteiger partial charge in [0.05, 0.1) is 6.04 Å². The quantitative estimate of drug-likeness (QED) is 0.940. The van der Waals surface area contributed by atoms with Crippen LogP contribution in [0.5, 0.6) is 0 Å². The number of hydrogen-bond acceptors (Lipinski definition) is 4. The largest absolute Gasteiger partial charge is 0.310 e. The van der Waals surface area contributed by atoms with Crippen LogP contribution in [-0.4, -0.2) is 32.1 Å². The van der Waals surface area contributed by atoms with Crippen LogP contribution in [0.4, 0.5) is 0 Å². The van der Waals surface area contributed by atoms with Crippen LogP contribution in [0.3, 0.4) is 0 Å². The summed E-state index contributed by atoms with van der Waals surface area (Å²) in [4.78, 5) is 9.56. The van der Waals surface area contributed by atoms with Gasteiger partial charge in [0.25, 0.3) is 0 Å². The SMILES string of the molecule is c1cnc2c(c1)nc(C1CCCCN1)n2CC1CCCCS1. The van der Waals surface area contributed by atoms with Crippen LogP contribution < -0.4 is 5.32 Å². The number of pyridine rings is 1. The first kappa shape index (κ1) is 14.5. The first-order valence-corrected chi connectivity index (χ1v) is 9.63. The van der Waals surface area contributed by atoms with E-state index >= 15 is 0 Å². The van der Waals surface area contributed by atoms with Crippen LogP contribution >= 0.6 is 11.8 Å². The Morgan fingerprint density at radius 2 is 2.18 bits per heavy atom. The molecule has 22 heavy (non-hydrogen) atoms. The van der Waals surface area contributed by atoms with Crippen molar-refractivity contribution in [1.29, 1.82) is 0 Å². The van der Waals surface area contributed by atoms with Crippen molar-refractivity contribution >= 4 is 22.9 Å². The Hall–Kier alpha value is -1.07. The Morgan fingerprint density at radius 3 is 3.00 bits per heavy atom. The lowest BCUT2D eigenvalue weighted by molar-refractivity contribution is 0.384. The lowest BCUT2D eigenvalue weighted by Gasteiger charge is -2.26. The lowest BCUT2D eigenvalue weighted by atomic mass is 10.0. The smallest absolute Gasteiger partial charge is 0.160 e. The number of rotatable bonds is 3.